The quantitative estimate of drug-likeness (QED) is 0.193. The first-order valence-electron chi connectivity index (χ1n) is 10.9. The topological polar surface area (TPSA) is 3.24 Å². The standard InChI is InChI=1S/C27H30BrN/c1-3-5-16-29(17-6-4-2)22-11-13-23-20(18-22)10-12-27-25-9-7-8-21(19-28)24(25)14-15-26(23)27/h7-15,18H,3-6,16-17,19H2,1-2H3. The molecule has 1 nitrogen and oxygen atoms in total. The highest BCUT2D eigenvalue weighted by Crippen LogP contribution is 2.34. The third-order valence-corrected chi connectivity index (χ3v) is 6.62. The van der Waals surface area contributed by atoms with Crippen LogP contribution in [0.3, 0.4) is 0 Å². The molecule has 0 amide bonds. The van der Waals surface area contributed by atoms with E-state index in [0.717, 1.165) is 18.4 Å². The van der Waals surface area contributed by atoms with Gasteiger partial charge in [-0.3, -0.25) is 0 Å². The van der Waals surface area contributed by atoms with Gasteiger partial charge in [-0.25, -0.2) is 0 Å². The van der Waals surface area contributed by atoms with E-state index in [1.165, 1.54) is 69.3 Å². The van der Waals surface area contributed by atoms with E-state index in [1.54, 1.807) is 0 Å². The SMILES string of the molecule is CCCCN(CCCC)c1ccc2c(ccc3c4cccc(CBr)c4ccc23)c1. The van der Waals surface area contributed by atoms with Crippen molar-refractivity contribution in [2.24, 2.45) is 0 Å². The molecule has 0 N–H and O–H groups in total. The molecule has 4 aromatic rings. The molecule has 29 heavy (non-hydrogen) atoms. The fourth-order valence-corrected chi connectivity index (χ4v) is 4.84. The van der Waals surface area contributed by atoms with Gasteiger partial charge in [0.15, 0.2) is 0 Å². The molecule has 2 heteroatoms. The van der Waals surface area contributed by atoms with E-state index in [1.807, 2.05) is 0 Å². The average molecular weight is 448 g/mol. The summed E-state index contributed by atoms with van der Waals surface area (Å²) in [7, 11) is 0. The lowest BCUT2D eigenvalue weighted by molar-refractivity contribution is 0.678. The molecule has 4 aromatic carbocycles. The number of hydrogen-bond donors (Lipinski definition) is 0. The Kier molecular flexibility index (Phi) is 6.40. The van der Waals surface area contributed by atoms with Crippen LogP contribution in [0.25, 0.3) is 32.3 Å². The molecule has 0 saturated heterocycles. The normalized spacial score (nSPS) is 11.6. The van der Waals surface area contributed by atoms with Gasteiger partial charge in [0.05, 0.1) is 0 Å². The van der Waals surface area contributed by atoms with Gasteiger partial charge in [-0.1, -0.05) is 91.1 Å². The highest BCUT2D eigenvalue weighted by atomic mass is 79.9. The molecule has 0 aliphatic rings. The van der Waals surface area contributed by atoms with Gasteiger partial charge >= 0.3 is 0 Å². The van der Waals surface area contributed by atoms with Crippen LogP contribution in [-0.2, 0) is 5.33 Å². The minimum atomic E-state index is 0.887. The van der Waals surface area contributed by atoms with Crippen molar-refractivity contribution in [3.8, 4) is 0 Å². The number of benzene rings is 4. The third kappa shape index (κ3) is 4.00. The second kappa shape index (κ2) is 9.17. The number of hydrogen-bond acceptors (Lipinski definition) is 1. The molecule has 0 radical (unpaired) electrons. The van der Waals surface area contributed by atoms with Crippen LogP contribution in [0.15, 0.2) is 60.7 Å². The first-order chi connectivity index (χ1) is 14.3. The Morgan fingerprint density at radius 3 is 2.03 bits per heavy atom. The summed E-state index contributed by atoms with van der Waals surface area (Å²) in [4.78, 5) is 2.57. The van der Waals surface area contributed by atoms with Crippen molar-refractivity contribution in [1.82, 2.24) is 0 Å². The van der Waals surface area contributed by atoms with Gasteiger partial charge in [0.2, 0.25) is 0 Å². The van der Waals surface area contributed by atoms with E-state index in [9.17, 15) is 0 Å². The Balaban J connectivity index is 1.82. The van der Waals surface area contributed by atoms with Crippen molar-refractivity contribution in [3.63, 3.8) is 0 Å². The highest BCUT2D eigenvalue weighted by Gasteiger charge is 2.10. The maximum absolute atomic E-state index is 3.63. The highest BCUT2D eigenvalue weighted by molar-refractivity contribution is 9.08. The van der Waals surface area contributed by atoms with Gasteiger partial charge in [0, 0.05) is 24.1 Å². The second-order valence-electron chi connectivity index (χ2n) is 7.97. The molecule has 0 aromatic heterocycles. The summed E-state index contributed by atoms with van der Waals surface area (Å²) >= 11 is 3.63. The van der Waals surface area contributed by atoms with Gasteiger partial charge in [0.1, 0.15) is 0 Å². The second-order valence-corrected chi connectivity index (χ2v) is 8.53. The van der Waals surface area contributed by atoms with Gasteiger partial charge in [-0.05, 0) is 62.9 Å². The van der Waals surface area contributed by atoms with E-state index in [4.69, 9.17) is 0 Å². The molecule has 0 fully saturated rings. The number of nitrogens with zero attached hydrogens (tertiary/aromatic N) is 1. The Morgan fingerprint density at radius 2 is 1.31 bits per heavy atom. The molecule has 0 atom stereocenters. The minimum Gasteiger partial charge on any atom is -0.372 e. The maximum Gasteiger partial charge on any atom is 0.0372 e. The number of anilines is 1. The molecule has 4 rings (SSSR count). The zero-order valence-corrected chi connectivity index (χ0v) is 19.1. The lowest BCUT2D eigenvalue weighted by Crippen LogP contribution is -2.25. The zero-order valence-electron chi connectivity index (χ0n) is 17.5. The molecule has 0 aliphatic heterocycles. The van der Waals surface area contributed by atoms with Crippen molar-refractivity contribution < 1.29 is 0 Å². The summed E-state index contributed by atoms with van der Waals surface area (Å²) in [6, 6.07) is 22.9. The fourth-order valence-electron chi connectivity index (χ4n) is 4.35. The molecule has 0 saturated carbocycles. The molecule has 0 unspecified atom stereocenters. The van der Waals surface area contributed by atoms with E-state index in [0.29, 0.717) is 0 Å². The fraction of sp³-hybridized carbons (Fsp3) is 0.333. The van der Waals surface area contributed by atoms with Gasteiger partial charge in [-0.15, -0.1) is 0 Å². The lowest BCUT2D eigenvalue weighted by Gasteiger charge is -2.25. The van der Waals surface area contributed by atoms with E-state index in [-0.39, 0.29) is 0 Å². The zero-order chi connectivity index (χ0) is 20.2. The molecule has 150 valence electrons. The number of halogens is 1. The Bertz CT molecular complexity index is 1120. The largest absolute Gasteiger partial charge is 0.372 e. The molecular weight excluding hydrogens is 418 g/mol. The monoisotopic (exact) mass is 447 g/mol. The maximum atomic E-state index is 3.63. The Hall–Kier alpha value is -2.06. The van der Waals surface area contributed by atoms with Crippen LogP contribution in [0.4, 0.5) is 5.69 Å². The molecule has 0 bridgehead atoms. The first kappa shape index (κ1) is 20.2. The predicted octanol–water partition coefficient (Wildman–Crippen LogP) is 8.45. The van der Waals surface area contributed by atoms with E-state index < -0.39 is 0 Å². The van der Waals surface area contributed by atoms with Crippen LogP contribution in [0, 0.1) is 0 Å². The number of rotatable bonds is 8. The summed E-state index contributed by atoms with van der Waals surface area (Å²) in [5, 5.41) is 8.96. The van der Waals surface area contributed by atoms with Crippen molar-refractivity contribution >= 4 is 53.9 Å². The van der Waals surface area contributed by atoms with Crippen molar-refractivity contribution in [2.45, 2.75) is 44.9 Å². The Morgan fingerprint density at radius 1 is 0.690 bits per heavy atom. The molecule has 0 aliphatic carbocycles. The lowest BCUT2D eigenvalue weighted by atomic mass is 9.95. The average Bonchev–Trinajstić information content (AvgIpc) is 2.77. The number of fused-ring (bicyclic) bond motifs is 5. The molecular formula is C27H30BrN. The van der Waals surface area contributed by atoms with Crippen molar-refractivity contribution in [2.75, 3.05) is 18.0 Å². The van der Waals surface area contributed by atoms with Crippen LogP contribution in [0.2, 0.25) is 0 Å². The number of alkyl halides is 1. The third-order valence-electron chi connectivity index (χ3n) is 6.02. The number of unbranched alkanes of at least 4 members (excludes halogenated alkanes) is 2. The summed E-state index contributed by atoms with van der Waals surface area (Å²) < 4.78 is 0. The molecule has 0 spiro atoms. The van der Waals surface area contributed by atoms with Crippen molar-refractivity contribution in [1.29, 1.82) is 0 Å². The summed E-state index contributed by atoms with van der Waals surface area (Å²) in [6.45, 7) is 6.84. The van der Waals surface area contributed by atoms with Crippen molar-refractivity contribution in [3.05, 3.63) is 66.2 Å². The van der Waals surface area contributed by atoms with E-state index in [2.05, 4.69) is 95.3 Å². The smallest absolute Gasteiger partial charge is 0.0372 e. The van der Waals surface area contributed by atoms with Gasteiger partial charge < -0.3 is 4.90 Å². The summed E-state index contributed by atoms with van der Waals surface area (Å²) in [5.41, 5.74) is 2.71. The predicted molar refractivity (Wildman–Crippen MR) is 134 cm³/mol. The summed E-state index contributed by atoms with van der Waals surface area (Å²) in [6.07, 6.45) is 4.98. The summed E-state index contributed by atoms with van der Waals surface area (Å²) in [5.74, 6) is 0. The van der Waals surface area contributed by atoms with E-state index >= 15 is 0 Å². The van der Waals surface area contributed by atoms with Crippen LogP contribution in [0.5, 0.6) is 0 Å². The molecule has 0 heterocycles. The van der Waals surface area contributed by atoms with Crippen LogP contribution < -0.4 is 4.90 Å². The minimum absolute atomic E-state index is 0.887. The van der Waals surface area contributed by atoms with Crippen LogP contribution in [0.1, 0.15) is 45.1 Å². The van der Waals surface area contributed by atoms with Gasteiger partial charge in [-0.2, -0.15) is 0 Å². The first-order valence-corrected chi connectivity index (χ1v) is 12.1. The Labute approximate surface area is 182 Å². The van der Waals surface area contributed by atoms with Crippen LogP contribution >= 0.6 is 15.9 Å². The van der Waals surface area contributed by atoms with Gasteiger partial charge in [0.25, 0.3) is 0 Å². The van der Waals surface area contributed by atoms with Crippen LogP contribution in [-0.4, -0.2) is 13.1 Å².